The number of nitrogens with one attached hydrogen (secondary N) is 1. The van der Waals surface area contributed by atoms with E-state index in [4.69, 9.17) is 16.3 Å². The van der Waals surface area contributed by atoms with E-state index >= 15 is 0 Å². The number of hydrogen-bond donors (Lipinski definition) is 1. The van der Waals surface area contributed by atoms with Gasteiger partial charge in [-0.3, -0.25) is 0 Å². The minimum absolute atomic E-state index is 0.0337. The molecular formula is C16H23ClFNO. The number of rotatable bonds is 5. The van der Waals surface area contributed by atoms with Crippen LogP contribution in [0, 0.1) is 11.2 Å². The van der Waals surface area contributed by atoms with Crippen molar-refractivity contribution >= 4 is 11.6 Å². The van der Waals surface area contributed by atoms with Crippen LogP contribution in [0.3, 0.4) is 0 Å². The molecule has 1 saturated heterocycles. The average molecular weight is 300 g/mol. The normalized spacial score (nSPS) is 23.2. The van der Waals surface area contributed by atoms with E-state index in [1.54, 1.807) is 6.07 Å². The second-order valence-corrected chi connectivity index (χ2v) is 6.49. The van der Waals surface area contributed by atoms with Crippen molar-refractivity contribution in [3.63, 3.8) is 0 Å². The predicted octanol–water partition coefficient (Wildman–Crippen LogP) is 3.82. The molecule has 1 atom stereocenters. The van der Waals surface area contributed by atoms with E-state index in [0.29, 0.717) is 24.6 Å². The zero-order valence-electron chi connectivity index (χ0n) is 12.2. The fourth-order valence-electron chi connectivity index (χ4n) is 2.76. The number of benzene rings is 1. The van der Waals surface area contributed by atoms with E-state index in [9.17, 15) is 4.39 Å². The Morgan fingerprint density at radius 3 is 2.90 bits per heavy atom. The molecule has 0 saturated carbocycles. The quantitative estimate of drug-likeness (QED) is 0.892. The number of ether oxygens (including phenoxy) is 1. The summed E-state index contributed by atoms with van der Waals surface area (Å²) in [5.74, 6) is -0.288. The van der Waals surface area contributed by atoms with E-state index in [2.05, 4.69) is 19.2 Å². The van der Waals surface area contributed by atoms with E-state index in [1.165, 1.54) is 0 Å². The van der Waals surface area contributed by atoms with Crippen molar-refractivity contribution < 1.29 is 9.13 Å². The van der Waals surface area contributed by atoms with Crippen molar-refractivity contribution in [2.75, 3.05) is 19.8 Å². The second kappa shape index (κ2) is 6.88. The summed E-state index contributed by atoms with van der Waals surface area (Å²) in [7, 11) is 0. The van der Waals surface area contributed by atoms with Crippen LogP contribution in [0.4, 0.5) is 4.39 Å². The Morgan fingerprint density at radius 2 is 2.25 bits per heavy atom. The molecule has 0 aliphatic carbocycles. The molecule has 1 N–H and O–H groups in total. The number of halogens is 2. The average Bonchev–Trinajstić information content (AvgIpc) is 2.43. The highest BCUT2D eigenvalue weighted by Gasteiger charge is 2.34. The van der Waals surface area contributed by atoms with Gasteiger partial charge in [-0.1, -0.05) is 37.6 Å². The van der Waals surface area contributed by atoms with Gasteiger partial charge in [0.15, 0.2) is 0 Å². The first-order valence-electron chi connectivity index (χ1n) is 7.26. The van der Waals surface area contributed by atoms with E-state index in [1.807, 2.05) is 12.1 Å². The summed E-state index contributed by atoms with van der Waals surface area (Å²) in [5.41, 5.74) is 0.655. The summed E-state index contributed by atoms with van der Waals surface area (Å²) in [6.45, 7) is 6.57. The van der Waals surface area contributed by atoms with Crippen molar-refractivity contribution in [3.05, 3.63) is 34.6 Å². The Kier molecular flexibility index (Phi) is 5.42. The van der Waals surface area contributed by atoms with Crippen LogP contribution in [0.1, 0.15) is 32.3 Å². The van der Waals surface area contributed by atoms with Crippen LogP contribution in [-0.2, 0) is 11.2 Å². The van der Waals surface area contributed by atoms with Crippen molar-refractivity contribution in [1.82, 2.24) is 5.32 Å². The highest BCUT2D eigenvalue weighted by atomic mass is 35.5. The molecule has 1 aromatic rings. The van der Waals surface area contributed by atoms with Crippen molar-refractivity contribution in [2.45, 2.75) is 39.2 Å². The molecule has 20 heavy (non-hydrogen) atoms. The van der Waals surface area contributed by atoms with Crippen LogP contribution in [0.2, 0.25) is 5.02 Å². The monoisotopic (exact) mass is 299 g/mol. The summed E-state index contributed by atoms with van der Waals surface area (Å²) in [6, 6.07) is 5.65. The molecule has 0 radical (unpaired) electrons. The lowest BCUT2D eigenvalue weighted by Crippen LogP contribution is -2.44. The third kappa shape index (κ3) is 3.94. The van der Waals surface area contributed by atoms with Crippen molar-refractivity contribution in [1.29, 1.82) is 0 Å². The Balaban J connectivity index is 2.16. The zero-order valence-corrected chi connectivity index (χ0v) is 13.0. The highest BCUT2D eigenvalue weighted by molar-refractivity contribution is 6.30. The molecule has 1 unspecified atom stereocenters. The molecule has 1 fully saturated rings. The molecule has 112 valence electrons. The molecule has 0 aromatic heterocycles. The third-order valence-electron chi connectivity index (χ3n) is 3.89. The highest BCUT2D eigenvalue weighted by Crippen LogP contribution is 2.34. The first kappa shape index (κ1) is 15.7. The smallest absolute Gasteiger partial charge is 0.144 e. The lowest BCUT2D eigenvalue weighted by molar-refractivity contribution is -0.00839. The third-order valence-corrected chi connectivity index (χ3v) is 4.18. The summed E-state index contributed by atoms with van der Waals surface area (Å²) in [6.07, 6.45) is 2.75. The van der Waals surface area contributed by atoms with E-state index < -0.39 is 0 Å². The van der Waals surface area contributed by atoms with Gasteiger partial charge in [0.1, 0.15) is 5.82 Å². The fourth-order valence-corrected chi connectivity index (χ4v) is 2.96. The molecule has 0 spiro atoms. The number of hydrogen-bond acceptors (Lipinski definition) is 2. The Morgan fingerprint density at radius 1 is 1.45 bits per heavy atom. The second-order valence-electron chi connectivity index (χ2n) is 6.08. The van der Waals surface area contributed by atoms with Crippen molar-refractivity contribution in [2.24, 2.45) is 5.41 Å². The van der Waals surface area contributed by atoms with Crippen LogP contribution in [0.5, 0.6) is 0 Å². The maximum atomic E-state index is 14.1. The van der Waals surface area contributed by atoms with E-state index in [-0.39, 0.29) is 16.3 Å². The van der Waals surface area contributed by atoms with Gasteiger partial charge in [-0.15, -0.1) is 0 Å². The molecule has 1 heterocycles. The molecule has 2 rings (SSSR count). The van der Waals surface area contributed by atoms with Gasteiger partial charge in [0.25, 0.3) is 0 Å². The summed E-state index contributed by atoms with van der Waals surface area (Å²) in [4.78, 5) is 0. The van der Waals surface area contributed by atoms with Crippen LogP contribution < -0.4 is 5.32 Å². The predicted molar refractivity (Wildman–Crippen MR) is 80.7 cm³/mol. The molecule has 1 aliphatic rings. The SMILES string of the molecule is CC(C)NCC1(Cc2cccc(Cl)c2F)CCCOC1. The molecule has 2 nitrogen and oxygen atoms in total. The largest absolute Gasteiger partial charge is 0.381 e. The van der Waals surface area contributed by atoms with Gasteiger partial charge in [0.2, 0.25) is 0 Å². The first-order valence-corrected chi connectivity index (χ1v) is 7.64. The minimum Gasteiger partial charge on any atom is -0.381 e. The molecule has 4 heteroatoms. The maximum absolute atomic E-state index is 14.1. The lowest BCUT2D eigenvalue weighted by atomic mass is 9.77. The molecule has 0 amide bonds. The van der Waals surface area contributed by atoms with Gasteiger partial charge in [0.05, 0.1) is 11.6 Å². The van der Waals surface area contributed by atoms with Gasteiger partial charge in [-0.05, 0) is 30.9 Å². The standard InChI is InChI=1S/C16H23ClFNO/c1-12(2)19-10-16(7-4-8-20-11-16)9-13-5-3-6-14(17)15(13)18/h3,5-6,12,19H,4,7-11H2,1-2H3. The van der Waals surface area contributed by atoms with Gasteiger partial charge < -0.3 is 10.1 Å². The maximum Gasteiger partial charge on any atom is 0.144 e. The van der Waals surface area contributed by atoms with Gasteiger partial charge in [0, 0.05) is 24.6 Å². The Labute approximate surface area is 125 Å². The Hall–Kier alpha value is -0.640. The summed E-state index contributed by atoms with van der Waals surface area (Å²) >= 11 is 5.88. The lowest BCUT2D eigenvalue weighted by Gasteiger charge is -2.38. The Bertz CT molecular complexity index is 444. The van der Waals surface area contributed by atoms with Crippen LogP contribution >= 0.6 is 11.6 Å². The van der Waals surface area contributed by atoms with Crippen molar-refractivity contribution in [3.8, 4) is 0 Å². The minimum atomic E-state index is -0.288. The van der Waals surface area contributed by atoms with Crippen LogP contribution in [-0.4, -0.2) is 25.8 Å². The first-order chi connectivity index (χ1) is 9.52. The van der Waals surface area contributed by atoms with Gasteiger partial charge in [-0.25, -0.2) is 4.39 Å². The zero-order chi connectivity index (χ0) is 14.6. The summed E-state index contributed by atoms with van der Waals surface area (Å²) < 4.78 is 19.8. The fraction of sp³-hybridized carbons (Fsp3) is 0.625. The molecule has 0 bridgehead atoms. The van der Waals surface area contributed by atoms with Gasteiger partial charge in [-0.2, -0.15) is 0 Å². The molecular weight excluding hydrogens is 277 g/mol. The molecule has 1 aromatic carbocycles. The van der Waals surface area contributed by atoms with E-state index in [0.717, 1.165) is 26.0 Å². The van der Waals surface area contributed by atoms with Crippen LogP contribution in [0.15, 0.2) is 18.2 Å². The van der Waals surface area contributed by atoms with Gasteiger partial charge >= 0.3 is 0 Å². The van der Waals surface area contributed by atoms with Crippen LogP contribution in [0.25, 0.3) is 0 Å². The molecule has 1 aliphatic heterocycles. The summed E-state index contributed by atoms with van der Waals surface area (Å²) in [5, 5.41) is 3.68. The topological polar surface area (TPSA) is 21.3 Å².